The monoisotopic (exact) mass is 394 g/mol. The first-order valence-electron chi connectivity index (χ1n) is 9.15. The van der Waals surface area contributed by atoms with Crippen molar-refractivity contribution >= 4 is 11.6 Å². The van der Waals surface area contributed by atoms with Crippen molar-refractivity contribution in [2.24, 2.45) is 0 Å². The highest BCUT2D eigenvalue weighted by atomic mass is 16.6. The summed E-state index contributed by atoms with van der Waals surface area (Å²) in [6, 6.07) is 15.2. The van der Waals surface area contributed by atoms with Crippen LogP contribution in [-0.2, 0) is 0 Å². The van der Waals surface area contributed by atoms with Crippen molar-refractivity contribution in [3.8, 4) is 17.1 Å². The van der Waals surface area contributed by atoms with Gasteiger partial charge in [-0.2, -0.15) is 0 Å². The van der Waals surface area contributed by atoms with Gasteiger partial charge in [0.1, 0.15) is 18.1 Å². The highest BCUT2D eigenvalue weighted by Crippen LogP contribution is 2.25. The van der Waals surface area contributed by atoms with Gasteiger partial charge in [0.2, 0.25) is 0 Å². The number of furan rings is 1. The van der Waals surface area contributed by atoms with Crippen LogP contribution in [0.15, 0.2) is 59.0 Å². The van der Waals surface area contributed by atoms with Crippen LogP contribution in [0, 0.1) is 24.0 Å². The molecule has 1 aromatic heterocycles. The molecule has 0 aliphatic carbocycles. The number of likely N-dealkylation sites (N-methyl/N-ethyl adjacent to an activating group) is 1. The second-order valence-electron chi connectivity index (χ2n) is 6.87. The number of hydrogen-bond donors (Lipinski definition) is 0. The molecule has 29 heavy (non-hydrogen) atoms. The molecule has 3 rings (SSSR count). The highest BCUT2D eigenvalue weighted by molar-refractivity contribution is 5.92. The molecule has 2 aromatic carbocycles. The van der Waals surface area contributed by atoms with Crippen molar-refractivity contribution in [3.05, 3.63) is 81.6 Å². The van der Waals surface area contributed by atoms with Crippen LogP contribution in [0.2, 0.25) is 0 Å². The third-order valence-corrected chi connectivity index (χ3v) is 4.42. The van der Waals surface area contributed by atoms with Crippen LogP contribution >= 0.6 is 0 Å². The van der Waals surface area contributed by atoms with E-state index in [0.29, 0.717) is 24.5 Å². The van der Waals surface area contributed by atoms with E-state index in [-0.39, 0.29) is 17.4 Å². The fraction of sp³-hybridized carbons (Fsp3) is 0.227. The first-order valence-corrected chi connectivity index (χ1v) is 9.15. The standard InChI is InChI=1S/C22H22N2O5/c1-15-12-16(2)14-19(13-15)28-11-10-23(3)22(25)21-9-8-20(29-21)17-4-6-18(7-5-17)24(26)27/h4-9,12-14H,10-11H2,1-3H3. The van der Waals surface area contributed by atoms with Gasteiger partial charge in [-0.25, -0.2) is 0 Å². The summed E-state index contributed by atoms with van der Waals surface area (Å²) in [6.45, 7) is 4.78. The molecule has 0 spiro atoms. The maximum Gasteiger partial charge on any atom is 0.289 e. The minimum atomic E-state index is -0.462. The number of nitro benzene ring substituents is 1. The van der Waals surface area contributed by atoms with Crippen LogP contribution in [0.5, 0.6) is 5.75 Å². The van der Waals surface area contributed by atoms with Crippen molar-refractivity contribution < 1.29 is 18.9 Å². The molecular weight excluding hydrogens is 372 g/mol. The van der Waals surface area contributed by atoms with Crippen molar-refractivity contribution in [2.45, 2.75) is 13.8 Å². The topological polar surface area (TPSA) is 85.8 Å². The van der Waals surface area contributed by atoms with E-state index in [1.54, 1.807) is 31.3 Å². The van der Waals surface area contributed by atoms with Gasteiger partial charge in [-0.3, -0.25) is 14.9 Å². The number of hydrogen-bond acceptors (Lipinski definition) is 5. The van der Waals surface area contributed by atoms with Gasteiger partial charge in [0.05, 0.1) is 11.5 Å². The molecule has 1 heterocycles. The quantitative estimate of drug-likeness (QED) is 0.431. The molecule has 0 fully saturated rings. The van der Waals surface area contributed by atoms with Gasteiger partial charge >= 0.3 is 0 Å². The highest BCUT2D eigenvalue weighted by Gasteiger charge is 2.17. The summed E-state index contributed by atoms with van der Waals surface area (Å²) >= 11 is 0. The Morgan fingerprint density at radius 3 is 2.34 bits per heavy atom. The minimum Gasteiger partial charge on any atom is -0.492 e. The summed E-state index contributed by atoms with van der Waals surface area (Å²) in [4.78, 5) is 24.4. The van der Waals surface area contributed by atoms with Crippen LogP contribution in [0.1, 0.15) is 21.7 Å². The average molecular weight is 394 g/mol. The predicted molar refractivity (Wildman–Crippen MR) is 109 cm³/mol. The average Bonchev–Trinajstić information content (AvgIpc) is 3.16. The van der Waals surface area contributed by atoms with Crippen molar-refractivity contribution in [3.63, 3.8) is 0 Å². The molecule has 3 aromatic rings. The molecule has 7 heteroatoms. The number of carbonyl (C=O) groups excluding carboxylic acids is 1. The molecule has 7 nitrogen and oxygen atoms in total. The fourth-order valence-corrected chi connectivity index (χ4v) is 2.96. The van der Waals surface area contributed by atoms with E-state index in [1.807, 2.05) is 26.0 Å². The lowest BCUT2D eigenvalue weighted by Gasteiger charge is -2.16. The Balaban J connectivity index is 1.59. The fourth-order valence-electron chi connectivity index (χ4n) is 2.96. The van der Waals surface area contributed by atoms with Gasteiger partial charge in [-0.1, -0.05) is 6.07 Å². The SMILES string of the molecule is Cc1cc(C)cc(OCCN(C)C(=O)c2ccc(-c3ccc([N+](=O)[O-])cc3)o2)c1. The van der Waals surface area contributed by atoms with Gasteiger partial charge < -0.3 is 14.1 Å². The third kappa shape index (κ3) is 5.01. The first-order chi connectivity index (χ1) is 13.8. The second kappa shape index (κ2) is 8.60. The van der Waals surface area contributed by atoms with Gasteiger partial charge in [0.15, 0.2) is 5.76 Å². The summed E-state index contributed by atoms with van der Waals surface area (Å²) < 4.78 is 11.4. The van der Waals surface area contributed by atoms with E-state index >= 15 is 0 Å². The zero-order valence-electron chi connectivity index (χ0n) is 16.5. The van der Waals surface area contributed by atoms with E-state index in [1.165, 1.54) is 17.0 Å². The smallest absolute Gasteiger partial charge is 0.289 e. The maximum absolute atomic E-state index is 12.6. The number of aryl methyl sites for hydroxylation is 2. The summed E-state index contributed by atoms with van der Waals surface area (Å²) in [5.74, 6) is 1.19. The van der Waals surface area contributed by atoms with Crippen molar-refractivity contribution in [1.29, 1.82) is 0 Å². The number of benzene rings is 2. The zero-order chi connectivity index (χ0) is 21.0. The van der Waals surface area contributed by atoms with Crippen molar-refractivity contribution in [2.75, 3.05) is 20.2 Å². The molecule has 0 aliphatic rings. The Morgan fingerprint density at radius 2 is 1.72 bits per heavy atom. The lowest BCUT2D eigenvalue weighted by Crippen LogP contribution is -2.30. The Bertz CT molecular complexity index is 1000. The summed E-state index contributed by atoms with van der Waals surface area (Å²) in [5, 5.41) is 10.7. The molecule has 0 atom stereocenters. The largest absolute Gasteiger partial charge is 0.492 e. The van der Waals surface area contributed by atoms with E-state index in [9.17, 15) is 14.9 Å². The van der Waals surface area contributed by atoms with E-state index in [4.69, 9.17) is 9.15 Å². The number of ether oxygens (including phenoxy) is 1. The van der Waals surface area contributed by atoms with E-state index in [2.05, 4.69) is 6.07 Å². The second-order valence-corrected chi connectivity index (χ2v) is 6.87. The zero-order valence-corrected chi connectivity index (χ0v) is 16.5. The van der Waals surface area contributed by atoms with Crippen LogP contribution in [-0.4, -0.2) is 35.9 Å². The van der Waals surface area contributed by atoms with E-state index in [0.717, 1.165) is 16.9 Å². The molecule has 0 saturated carbocycles. The van der Waals surface area contributed by atoms with Gasteiger partial charge in [0, 0.05) is 24.7 Å². The number of rotatable bonds is 7. The van der Waals surface area contributed by atoms with Crippen LogP contribution in [0.3, 0.4) is 0 Å². The van der Waals surface area contributed by atoms with Crippen LogP contribution in [0.25, 0.3) is 11.3 Å². The number of non-ortho nitro benzene ring substituents is 1. The molecular formula is C22H22N2O5. The lowest BCUT2D eigenvalue weighted by atomic mass is 10.1. The Labute approximate surface area is 168 Å². The van der Waals surface area contributed by atoms with Crippen LogP contribution < -0.4 is 4.74 Å². The number of carbonyl (C=O) groups is 1. The first kappa shape index (κ1) is 20.1. The van der Waals surface area contributed by atoms with Crippen molar-refractivity contribution in [1.82, 2.24) is 4.90 Å². The molecule has 0 radical (unpaired) electrons. The molecule has 0 saturated heterocycles. The summed E-state index contributed by atoms with van der Waals surface area (Å²) in [7, 11) is 1.68. The minimum absolute atomic E-state index is 0.000132. The Kier molecular flexibility index (Phi) is 5.97. The summed E-state index contributed by atoms with van der Waals surface area (Å²) in [6.07, 6.45) is 0. The molecule has 150 valence electrons. The number of nitrogens with zero attached hydrogens (tertiary/aromatic N) is 2. The van der Waals surface area contributed by atoms with Gasteiger partial charge in [-0.15, -0.1) is 0 Å². The Morgan fingerprint density at radius 1 is 1.07 bits per heavy atom. The molecule has 0 bridgehead atoms. The van der Waals surface area contributed by atoms with E-state index < -0.39 is 4.92 Å². The Hall–Kier alpha value is -3.61. The third-order valence-electron chi connectivity index (χ3n) is 4.42. The lowest BCUT2D eigenvalue weighted by molar-refractivity contribution is -0.384. The molecule has 0 N–H and O–H groups in total. The maximum atomic E-state index is 12.6. The molecule has 1 amide bonds. The molecule has 0 unspecified atom stereocenters. The van der Waals surface area contributed by atoms with Gasteiger partial charge in [0.25, 0.3) is 11.6 Å². The molecule has 0 aliphatic heterocycles. The predicted octanol–water partition coefficient (Wildman–Crippen LogP) is 4.62. The number of nitro groups is 1. The normalized spacial score (nSPS) is 10.6. The summed E-state index contributed by atoms with van der Waals surface area (Å²) in [5.41, 5.74) is 2.91. The van der Waals surface area contributed by atoms with Crippen LogP contribution in [0.4, 0.5) is 5.69 Å². The van der Waals surface area contributed by atoms with Gasteiger partial charge in [-0.05, 0) is 61.4 Å². The number of amides is 1.